The van der Waals surface area contributed by atoms with Gasteiger partial charge in [0.05, 0.1) is 12.7 Å². The van der Waals surface area contributed by atoms with Gasteiger partial charge in [0.15, 0.2) is 0 Å². The summed E-state index contributed by atoms with van der Waals surface area (Å²) in [5, 5.41) is 9.83. The summed E-state index contributed by atoms with van der Waals surface area (Å²) in [6.07, 6.45) is 1.49. The first-order valence-electron chi connectivity index (χ1n) is 5.81. The lowest BCUT2D eigenvalue weighted by Crippen LogP contribution is -2.09. The van der Waals surface area contributed by atoms with Gasteiger partial charge < -0.3 is 9.84 Å². The summed E-state index contributed by atoms with van der Waals surface area (Å²) in [6, 6.07) is 4.63. The molecule has 2 aromatic rings. The Balaban J connectivity index is 2.38. The van der Waals surface area contributed by atoms with E-state index in [2.05, 4.69) is 19.7 Å². The molecule has 7 nitrogen and oxygen atoms in total. The van der Waals surface area contributed by atoms with Crippen LogP contribution in [0.25, 0.3) is 0 Å². The van der Waals surface area contributed by atoms with Crippen LogP contribution in [0.3, 0.4) is 0 Å². The Morgan fingerprint density at radius 3 is 2.76 bits per heavy atom. The van der Waals surface area contributed by atoms with Crippen molar-refractivity contribution in [3.05, 3.63) is 41.5 Å². The third kappa shape index (κ3) is 3.54. The van der Waals surface area contributed by atoms with Crippen LogP contribution in [0.4, 0.5) is 0 Å². The fraction of sp³-hybridized carbons (Fsp3) is 0.154. The summed E-state index contributed by atoms with van der Waals surface area (Å²) in [6.45, 7) is 1.70. The SMILES string of the molecule is COC(=O)c1nc(C)cc(Sc2ncccc2C(=O)O)n1. The van der Waals surface area contributed by atoms with Gasteiger partial charge >= 0.3 is 11.9 Å². The van der Waals surface area contributed by atoms with E-state index in [4.69, 9.17) is 5.11 Å². The van der Waals surface area contributed by atoms with Gasteiger partial charge in [0.2, 0.25) is 5.82 Å². The Morgan fingerprint density at radius 2 is 2.10 bits per heavy atom. The van der Waals surface area contributed by atoms with Crippen molar-refractivity contribution >= 4 is 23.7 Å². The molecule has 0 atom stereocenters. The fourth-order valence-electron chi connectivity index (χ4n) is 1.51. The zero-order valence-corrected chi connectivity index (χ0v) is 12.0. The Kier molecular flexibility index (Phi) is 4.49. The lowest BCUT2D eigenvalue weighted by Gasteiger charge is -2.06. The van der Waals surface area contributed by atoms with Gasteiger partial charge in [0.25, 0.3) is 0 Å². The highest BCUT2D eigenvalue weighted by molar-refractivity contribution is 7.99. The molecule has 0 spiro atoms. The maximum absolute atomic E-state index is 11.5. The number of hydrogen-bond acceptors (Lipinski definition) is 7. The maximum Gasteiger partial charge on any atom is 0.376 e. The first-order chi connectivity index (χ1) is 10.0. The number of carbonyl (C=O) groups is 2. The Labute approximate surface area is 124 Å². The summed E-state index contributed by atoms with van der Waals surface area (Å²) in [4.78, 5) is 34.7. The van der Waals surface area contributed by atoms with Gasteiger partial charge in [-0.1, -0.05) is 0 Å². The molecular weight excluding hydrogens is 294 g/mol. The van der Waals surface area contributed by atoms with Crippen molar-refractivity contribution in [2.24, 2.45) is 0 Å². The topological polar surface area (TPSA) is 102 Å². The van der Waals surface area contributed by atoms with Crippen molar-refractivity contribution in [3.63, 3.8) is 0 Å². The van der Waals surface area contributed by atoms with Gasteiger partial charge in [-0.2, -0.15) is 0 Å². The maximum atomic E-state index is 11.5. The van der Waals surface area contributed by atoms with E-state index in [1.54, 1.807) is 19.1 Å². The monoisotopic (exact) mass is 305 g/mol. The first kappa shape index (κ1) is 14.9. The average molecular weight is 305 g/mol. The molecule has 0 radical (unpaired) electrons. The molecule has 2 heterocycles. The predicted octanol–water partition coefficient (Wildman–Crippen LogP) is 1.82. The molecule has 0 amide bonds. The summed E-state index contributed by atoms with van der Waals surface area (Å²) >= 11 is 1.05. The van der Waals surface area contributed by atoms with E-state index in [1.165, 1.54) is 19.4 Å². The molecule has 0 bridgehead atoms. The smallest absolute Gasteiger partial charge is 0.376 e. The molecule has 108 valence electrons. The average Bonchev–Trinajstić information content (AvgIpc) is 2.46. The number of carbonyl (C=O) groups excluding carboxylic acids is 1. The largest absolute Gasteiger partial charge is 0.478 e. The van der Waals surface area contributed by atoms with Gasteiger partial charge in [-0.3, -0.25) is 0 Å². The summed E-state index contributed by atoms with van der Waals surface area (Å²) in [5.74, 6) is -1.81. The van der Waals surface area contributed by atoms with Gasteiger partial charge in [0, 0.05) is 11.9 Å². The van der Waals surface area contributed by atoms with Crippen molar-refractivity contribution in [2.75, 3.05) is 7.11 Å². The number of nitrogens with zero attached hydrogens (tertiary/aromatic N) is 3. The number of hydrogen-bond donors (Lipinski definition) is 1. The van der Waals surface area contributed by atoms with Crippen LogP contribution >= 0.6 is 11.8 Å². The van der Waals surface area contributed by atoms with Crippen LogP contribution in [0.1, 0.15) is 26.7 Å². The molecular formula is C13H11N3O4S. The van der Waals surface area contributed by atoms with Crippen molar-refractivity contribution in [1.29, 1.82) is 0 Å². The Bertz CT molecular complexity index is 706. The number of aromatic carboxylic acids is 1. The van der Waals surface area contributed by atoms with Gasteiger partial charge in [-0.25, -0.2) is 24.5 Å². The number of aryl methyl sites for hydroxylation is 1. The van der Waals surface area contributed by atoms with Crippen molar-refractivity contribution in [2.45, 2.75) is 17.0 Å². The minimum Gasteiger partial charge on any atom is -0.478 e. The quantitative estimate of drug-likeness (QED) is 0.674. The van der Waals surface area contributed by atoms with Crippen LogP contribution in [-0.2, 0) is 4.74 Å². The molecule has 0 saturated carbocycles. The van der Waals surface area contributed by atoms with Gasteiger partial charge in [-0.15, -0.1) is 0 Å². The number of ether oxygens (including phenoxy) is 1. The molecule has 0 aliphatic heterocycles. The molecule has 1 N–H and O–H groups in total. The van der Waals surface area contributed by atoms with Crippen molar-refractivity contribution in [3.8, 4) is 0 Å². The highest BCUT2D eigenvalue weighted by atomic mass is 32.2. The summed E-state index contributed by atoms with van der Waals surface area (Å²) < 4.78 is 4.58. The van der Waals surface area contributed by atoms with Crippen LogP contribution in [0.5, 0.6) is 0 Å². The summed E-state index contributed by atoms with van der Waals surface area (Å²) in [7, 11) is 1.24. The Hall–Kier alpha value is -2.48. The number of aromatic nitrogens is 3. The van der Waals surface area contributed by atoms with Crippen LogP contribution in [0.15, 0.2) is 34.4 Å². The zero-order chi connectivity index (χ0) is 15.4. The minimum absolute atomic E-state index is 0.0679. The van der Waals surface area contributed by atoms with Crippen LogP contribution in [-0.4, -0.2) is 39.1 Å². The van der Waals surface area contributed by atoms with Crippen molar-refractivity contribution in [1.82, 2.24) is 15.0 Å². The van der Waals surface area contributed by atoms with E-state index < -0.39 is 11.9 Å². The molecule has 0 fully saturated rings. The second-order valence-corrected chi connectivity index (χ2v) is 4.94. The first-order valence-corrected chi connectivity index (χ1v) is 6.63. The predicted molar refractivity (Wildman–Crippen MR) is 73.4 cm³/mol. The molecule has 0 aliphatic rings. The number of pyridine rings is 1. The van der Waals surface area contributed by atoms with Gasteiger partial charge in [-0.05, 0) is 36.9 Å². The number of carboxylic acids is 1. The molecule has 0 unspecified atom stereocenters. The van der Waals surface area contributed by atoms with Crippen LogP contribution in [0.2, 0.25) is 0 Å². The zero-order valence-electron chi connectivity index (χ0n) is 11.2. The third-order valence-corrected chi connectivity index (χ3v) is 3.34. The normalized spacial score (nSPS) is 10.2. The molecule has 8 heteroatoms. The van der Waals surface area contributed by atoms with Crippen LogP contribution in [0, 0.1) is 6.92 Å². The van der Waals surface area contributed by atoms with E-state index in [0.717, 1.165) is 11.8 Å². The van der Waals surface area contributed by atoms with E-state index in [1.807, 2.05) is 0 Å². The van der Waals surface area contributed by atoms with Gasteiger partial charge in [0.1, 0.15) is 10.1 Å². The van der Waals surface area contributed by atoms with Crippen molar-refractivity contribution < 1.29 is 19.4 Å². The standard InChI is InChI=1S/C13H11N3O4S/c1-7-6-9(16-10(15-7)13(19)20-2)21-11-8(12(17)18)4-3-5-14-11/h3-6H,1-2H3,(H,17,18). The minimum atomic E-state index is -1.08. The lowest BCUT2D eigenvalue weighted by molar-refractivity contribution is 0.0584. The molecule has 0 aliphatic carbocycles. The Morgan fingerprint density at radius 1 is 1.33 bits per heavy atom. The number of carboxylic acid groups (broad SMARTS) is 1. The number of esters is 1. The van der Waals surface area contributed by atoms with E-state index >= 15 is 0 Å². The second-order valence-electron chi connectivity index (χ2n) is 3.93. The lowest BCUT2D eigenvalue weighted by atomic mass is 10.3. The number of rotatable bonds is 4. The molecule has 21 heavy (non-hydrogen) atoms. The van der Waals surface area contributed by atoms with E-state index in [-0.39, 0.29) is 11.4 Å². The van der Waals surface area contributed by atoms with Crippen LogP contribution < -0.4 is 0 Å². The second kappa shape index (κ2) is 6.31. The fourth-order valence-corrected chi connectivity index (χ4v) is 2.45. The highest BCUT2D eigenvalue weighted by Gasteiger charge is 2.16. The van der Waals surface area contributed by atoms with E-state index in [9.17, 15) is 9.59 Å². The molecule has 0 saturated heterocycles. The third-order valence-electron chi connectivity index (χ3n) is 2.40. The van der Waals surface area contributed by atoms with E-state index in [0.29, 0.717) is 15.7 Å². The highest BCUT2D eigenvalue weighted by Crippen LogP contribution is 2.27. The number of methoxy groups -OCH3 is 1. The summed E-state index contributed by atoms with van der Waals surface area (Å²) in [5.41, 5.74) is 0.638. The molecule has 0 aromatic carbocycles. The molecule has 2 rings (SSSR count). The molecule has 2 aromatic heterocycles.